The summed E-state index contributed by atoms with van der Waals surface area (Å²) in [5.74, 6) is 0.588. The van der Waals surface area contributed by atoms with Crippen LogP contribution in [0.4, 0.5) is 5.69 Å². The van der Waals surface area contributed by atoms with Crippen LogP contribution in [-0.2, 0) is 6.42 Å². The number of benzene rings is 2. The number of carboxylic acids is 1. The highest BCUT2D eigenvalue weighted by Crippen LogP contribution is 2.43. The number of nitro benzene ring substituents is 1. The van der Waals surface area contributed by atoms with E-state index >= 15 is 0 Å². The fourth-order valence-corrected chi connectivity index (χ4v) is 3.13. The molecule has 2 aromatic carbocycles. The van der Waals surface area contributed by atoms with Crippen LogP contribution in [0.2, 0.25) is 0 Å². The Morgan fingerprint density at radius 1 is 1.03 bits per heavy atom. The van der Waals surface area contributed by atoms with E-state index in [1.165, 1.54) is 39.5 Å². The minimum Gasteiger partial charge on any atom is -0.493 e. The topological polar surface area (TPSA) is 121 Å². The second kappa shape index (κ2) is 8.56. The number of furan rings is 1. The molecule has 1 N–H and O–H groups in total. The average Bonchev–Trinajstić information content (AvgIpc) is 3.21. The Labute approximate surface area is 171 Å². The first-order valence-corrected chi connectivity index (χ1v) is 8.78. The molecule has 9 nitrogen and oxygen atoms in total. The van der Waals surface area contributed by atoms with E-state index in [1.54, 1.807) is 24.3 Å². The number of ether oxygens (including phenoxy) is 3. The number of hydrogen-bond acceptors (Lipinski definition) is 7. The summed E-state index contributed by atoms with van der Waals surface area (Å²) in [6.07, 6.45) is 0.123. The summed E-state index contributed by atoms with van der Waals surface area (Å²) in [6, 6.07) is 10.7. The van der Waals surface area contributed by atoms with Gasteiger partial charge < -0.3 is 23.7 Å². The molecule has 3 aromatic rings. The van der Waals surface area contributed by atoms with E-state index in [9.17, 15) is 20.0 Å². The molecule has 0 radical (unpaired) electrons. The summed E-state index contributed by atoms with van der Waals surface area (Å²) < 4.78 is 21.8. The van der Waals surface area contributed by atoms with Crippen LogP contribution >= 0.6 is 0 Å². The zero-order valence-corrected chi connectivity index (χ0v) is 16.5. The van der Waals surface area contributed by atoms with Gasteiger partial charge in [-0.15, -0.1) is 0 Å². The number of hydrogen-bond donors (Lipinski definition) is 1. The third kappa shape index (κ3) is 3.90. The molecule has 0 amide bonds. The van der Waals surface area contributed by atoms with Crippen LogP contribution in [-0.4, -0.2) is 37.3 Å². The minimum absolute atomic E-state index is 0.00205. The average molecular weight is 413 g/mol. The van der Waals surface area contributed by atoms with E-state index in [2.05, 4.69) is 0 Å². The summed E-state index contributed by atoms with van der Waals surface area (Å²) in [5, 5.41) is 20.5. The maximum Gasteiger partial charge on any atom is 0.336 e. The Hall–Kier alpha value is -4.01. The van der Waals surface area contributed by atoms with Gasteiger partial charge in [0.1, 0.15) is 11.5 Å². The van der Waals surface area contributed by atoms with Crippen molar-refractivity contribution in [2.24, 2.45) is 0 Å². The van der Waals surface area contributed by atoms with Crippen LogP contribution < -0.4 is 14.2 Å². The summed E-state index contributed by atoms with van der Waals surface area (Å²) in [5.41, 5.74) is 1.00. The second-order valence-electron chi connectivity index (χ2n) is 6.22. The lowest BCUT2D eigenvalue weighted by Crippen LogP contribution is -2.08. The van der Waals surface area contributed by atoms with Gasteiger partial charge in [0.2, 0.25) is 5.75 Å². The van der Waals surface area contributed by atoms with Crippen molar-refractivity contribution < 1.29 is 33.5 Å². The van der Waals surface area contributed by atoms with Crippen molar-refractivity contribution in [3.63, 3.8) is 0 Å². The molecule has 0 bridgehead atoms. The number of non-ortho nitro benzene ring substituents is 1. The molecule has 3 rings (SSSR count). The van der Waals surface area contributed by atoms with E-state index in [4.69, 9.17) is 18.6 Å². The molecule has 0 fully saturated rings. The van der Waals surface area contributed by atoms with Crippen molar-refractivity contribution in [2.45, 2.75) is 6.42 Å². The lowest BCUT2D eigenvalue weighted by Gasteiger charge is -2.17. The van der Waals surface area contributed by atoms with Crippen molar-refractivity contribution in [1.82, 2.24) is 0 Å². The molecule has 30 heavy (non-hydrogen) atoms. The molecule has 0 atom stereocenters. The van der Waals surface area contributed by atoms with Crippen LogP contribution in [0.3, 0.4) is 0 Å². The lowest BCUT2D eigenvalue weighted by atomic mass is 10.0. The van der Waals surface area contributed by atoms with E-state index in [0.717, 1.165) is 0 Å². The lowest BCUT2D eigenvalue weighted by molar-refractivity contribution is -0.384. The van der Waals surface area contributed by atoms with Crippen LogP contribution in [0, 0.1) is 10.1 Å². The summed E-state index contributed by atoms with van der Waals surface area (Å²) in [4.78, 5) is 22.2. The highest BCUT2D eigenvalue weighted by Gasteiger charge is 2.25. The van der Waals surface area contributed by atoms with Gasteiger partial charge in [-0.1, -0.05) is 0 Å². The highest BCUT2D eigenvalue weighted by molar-refractivity contribution is 5.92. The Bertz CT molecular complexity index is 1090. The smallest absolute Gasteiger partial charge is 0.336 e. The second-order valence-corrected chi connectivity index (χ2v) is 6.22. The van der Waals surface area contributed by atoms with Gasteiger partial charge in [-0.05, 0) is 30.3 Å². The van der Waals surface area contributed by atoms with E-state index in [-0.39, 0.29) is 34.9 Å². The van der Waals surface area contributed by atoms with Gasteiger partial charge >= 0.3 is 5.97 Å². The highest BCUT2D eigenvalue weighted by atomic mass is 16.6. The van der Waals surface area contributed by atoms with Crippen LogP contribution in [0.25, 0.3) is 11.3 Å². The van der Waals surface area contributed by atoms with E-state index in [0.29, 0.717) is 22.6 Å². The van der Waals surface area contributed by atoms with Crippen LogP contribution in [0.15, 0.2) is 46.9 Å². The van der Waals surface area contributed by atoms with Gasteiger partial charge in [0.05, 0.1) is 31.8 Å². The first-order valence-electron chi connectivity index (χ1n) is 8.78. The van der Waals surface area contributed by atoms with Gasteiger partial charge in [0, 0.05) is 29.7 Å². The minimum atomic E-state index is -1.15. The van der Waals surface area contributed by atoms with Gasteiger partial charge in [-0.2, -0.15) is 0 Å². The molecule has 0 unspecified atom stereocenters. The maximum absolute atomic E-state index is 11.8. The van der Waals surface area contributed by atoms with Gasteiger partial charge in [0.15, 0.2) is 11.5 Å². The molecule has 0 spiro atoms. The predicted molar refractivity (Wildman–Crippen MR) is 107 cm³/mol. The van der Waals surface area contributed by atoms with Crippen LogP contribution in [0.5, 0.6) is 17.2 Å². The Kier molecular flexibility index (Phi) is 5.91. The number of nitro groups is 1. The molecular formula is C21H19NO8. The SMILES string of the molecule is COc1cc(C(=O)O)c(Cc2ccc(-c3ccc([N+](=O)[O-])cc3)o2)c(OC)c1OC. The summed E-state index contributed by atoms with van der Waals surface area (Å²) in [6.45, 7) is 0. The van der Waals surface area contributed by atoms with E-state index in [1.807, 2.05) is 0 Å². The normalized spacial score (nSPS) is 10.5. The summed E-state index contributed by atoms with van der Waals surface area (Å²) in [7, 11) is 4.26. The zero-order chi connectivity index (χ0) is 21.8. The van der Waals surface area contributed by atoms with Crippen molar-refractivity contribution in [3.8, 4) is 28.6 Å². The zero-order valence-electron chi connectivity index (χ0n) is 16.5. The number of rotatable bonds is 8. The fraction of sp³-hybridized carbons (Fsp3) is 0.190. The number of carboxylic acid groups (broad SMARTS) is 1. The molecular weight excluding hydrogens is 394 g/mol. The Balaban J connectivity index is 2.00. The molecule has 1 heterocycles. The standard InChI is InChI=1S/C21H19NO8/c1-27-18-11-16(21(23)24)15(19(28-2)20(18)29-3)10-14-8-9-17(30-14)12-4-6-13(7-5-12)22(25)26/h4-9,11H,10H2,1-3H3,(H,23,24). The molecule has 1 aromatic heterocycles. The number of carbonyl (C=O) groups is 1. The molecule has 0 aliphatic rings. The largest absolute Gasteiger partial charge is 0.493 e. The summed E-state index contributed by atoms with van der Waals surface area (Å²) >= 11 is 0. The molecule has 0 aliphatic heterocycles. The van der Waals surface area contributed by atoms with Crippen LogP contribution in [0.1, 0.15) is 21.7 Å². The third-order valence-corrected chi connectivity index (χ3v) is 4.54. The van der Waals surface area contributed by atoms with Crippen molar-refractivity contribution in [2.75, 3.05) is 21.3 Å². The molecule has 0 saturated carbocycles. The monoisotopic (exact) mass is 413 g/mol. The van der Waals surface area contributed by atoms with Gasteiger partial charge in [-0.25, -0.2) is 4.79 Å². The quantitative estimate of drug-likeness (QED) is 0.431. The first kappa shape index (κ1) is 20.7. The maximum atomic E-state index is 11.8. The first-order chi connectivity index (χ1) is 14.4. The molecule has 0 aliphatic carbocycles. The van der Waals surface area contributed by atoms with Crippen molar-refractivity contribution >= 4 is 11.7 Å². The predicted octanol–water partition coefficient (Wildman–Crippen LogP) is 4.17. The number of aromatic carboxylic acids is 1. The Morgan fingerprint density at radius 3 is 2.23 bits per heavy atom. The fourth-order valence-electron chi connectivity index (χ4n) is 3.13. The van der Waals surface area contributed by atoms with Gasteiger partial charge in [-0.3, -0.25) is 10.1 Å². The third-order valence-electron chi connectivity index (χ3n) is 4.54. The number of methoxy groups -OCH3 is 3. The van der Waals surface area contributed by atoms with Crippen molar-refractivity contribution in [3.05, 3.63) is 69.5 Å². The molecule has 9 heteroatoms. The molecule has 0 saturated heterocycles. The van der Waals surface area contributed by atoms with Crippen molar-refractivity contribution in [1.29, 1.82) is 0 Å². The number of nitrogens with zero attached hydrogens (tertiary/aromatic N) is 1. The molecule has 156 valence electrons. The van der Waals surface area contributed by atoms with E-state index < -0.39 is 10.9 Å². The van der Waals surface area contributed by atoms with Gasteiger partial charge in [0.25, 0.3) is 5.69 Å². The Morgan fingerprint density at radius 2 is 1.70 bits per heavy atom.